The van der Waals surface area contributed by atoms with Crippen LogP contribution in [0.2, 0.25) is 5.02 Å². The van der Waals surface area contributed by atoms with E-state index in [1.807, 2.05) is 6.92 Å². The zero-order valence-corrected chi connectivity index (χ0v) is 13.9. The fraction of sp³-hybridized carbons (Fsp3) is 0.400. The van der Waals surface area contributed by atoms with Crippen LogP contribution in [0.1, 0.15) is 13.8 Å². The molecule has 0 saturated carbocycles. The van der Waals surface area contributed by atoms with Crippen LogP contribution in [0, 0.1) is 0 Å². The molecular formula is C15H21ClN3O4+. The summed E-state index contributed by atoms with van der Waals surface area (Å²) in [5.74, 6) is -0.715. The second-order valence-electron chi connectivity index (χ2n) is 4.78. The third kappa shape index (κ3) is 7.62. The minimum Gasteiger partial charge on any atom is -0.450 e. The minimum absolute atomic E-state index is 0.00333. The minimum atomic E-state index is -0.779. The van der Waals surface area contributed by atoms with E-state index in [2.05, 4.69) is 15.4 Å². The van der Waals surface area contributed by atoms with Crippen LogP contribution in [0.4, 0.5) is 10.5 Å². The number of amides is 3. The van der Waals surface area contributed by atoms with Crippen molar-refractivity contribution in [1.82, 2.24) is 5.32 Å². The molecule has 23 heavy (non-hydrogen) atoms. The highest BCUT2D eigenvalue weighted by molar-refractivity contribution is 6.30. The Morgan fingerprint density at radius 2 is 1.70 bits per heavy atom. The molecule has 0 heterocycles. The first-order valence-electron chi connectivity index (χ1n) is 7.30. The molecule has 1 rings (SSSR count). The van der Waals surface area contributed by atoms with Gasteiger partial charge in [-0.3, -0.25) is 14.9 Å². The summed E-state index contributed by atoms with van der Waals surface area (Å²) in [6.07, 6.45) is -0.779. The van der Waals surface area contributed by atoms with E-state index in [1.165, 1.54) is 0 Å². The van der Waals surface area contributed by atoms with E-state index in [0.717, 1.165) is 4.90 Å². The topological polar surface area (TPSA) is 88.9 Å². The second-order valence-corrected chi connectivity index (χ2v) is 5.22. The van der Waals surface area contributed by atoms with Gasteiger partial charge < -0.3 is 15.0 Å². The van der Waals surface area contributed by atoms with Gasteiger partial charge in [0.25, 0.3) is 11.8 Å². The highest BCUT2D eigenvalue weighted by Crippen LogP contribution is 2.12. The Bertz CT molecular complexity index is 548. The SMILES string of the molecule is CCOC(=O)NC(=O)C[NH+](CC)CC(=O)Nc1ccc(Cl)cc1. The summed E-state index contributed by atoms with van der Waals surface area (Å²) >= 11 is 5.78. The highest BCUT2D eigenvalue weighted by Gasteiger charge is 2.18. The van der Waals surface area contributed by atoms with Crippen molar-refractivity contribution in [3.05, 3.63) is 29.3 Å². The van der Waals surface area contributed by atoms with Crippen molar-refractivity contribution in [1.29, 1.82) is 0 Å². The predicted octanol–water partition coefficient (Wildman–Crippen LogP) is 0.456. The van der Waals surface area contributed by atoms with Crippen LogP contribution in [-0.4, -0.2) is 44.1 Å². The number of anilines is 1. The normalized spacial score (nSPS) is 11.4. The summed E-state index contributed by atoms with van der Waals surface area (Å²) in [7, 11) is 0. The molecule has 0 bridgehead atoms. The van der Waals surface area contributed by atoms with Crippen LogP contribution in [0.25, 0.3) is 0 Å². The first-order chi connectivity index (χ1) is 10.9. The highest BCUT2D eigenvalue weighted by atomic mass is 35.5. The maximum atomic E-state index is 12.0. The summed E-state index contributed by atoms with van der Waals surface area (Å²) in [5, 5.41) is 5.42. The lowest BCUT2D eigenvalue weighted by molar-refractivity contribution is -0.881. The molecule has 0 spiro atoms. The lowest BCUT2D eigenvalue weighted by Gasteiger charge is -2.16. The van der Waals surface area contributed by atoms with E-state index in [-0.39, 0.29) is 25.6 Å². The smallest absolute Gasteiger partial charge is 0.414 e. The zero-order valence-electron chi connectivity index (χ0n) is 13.1. The Balaban J connectivity index is 2.45. The molecule has 0 aliphatic rings. The van der Waals surface area contributed by atoms with E-state index in [9.17, 15) is 14.4 Å². The number of carbonyl (C=O) groups is 3. The van der Waals surface area contributed by atoms with E-state index in [0.29, 0.717) is 17.3 Å². The third-order valence-electron chi connectivity index (χ3n) is 2.97. The number of hydrogen-bond acceptors (Lipinski definition) is 4. The molecule has 126 valence electrons. The van der Waals surface area contributed by atoms with Gasteiger partial charge in [0.05, 0.1) is 13.2 Å². The van der Waals surface area contributed by atoms with Crippen molar-refractivity contribution in [3.63, 3.8) is 0 Å². The average molecular weight is 343 g/mol. The molecule has 0 saturated heterocycles. The van der Waals surface area contributed by atoms with Gasteiger partial charge in [0.15, 0.2) is 13.1 Å². The number of quaternary nitrogens is 1. The van der Waals surface area contributed by atoms with E-state index >= 15 is 0 Å². The summed E-state index contributed by atoms with van der Waals surface area (Å²) in [4.78, 5) is 35.6. The van der Waals surface area contributed by atoms with Crippen molar-refractivity contribution < 1.29 is 24.0 Å². The molecule has 1 unspecified atom stereocenters. The summed E-state index contributed by atoms with van der Waals surface area (Å²) in [6, 6.07) is 6.74. The molecule has 8 heteroatoms. The first kappa shape index (κ1) is 18.9. The summed E-state index contributed by atoms with van der Waals surface area (Å²) in [6.45, 7) is 4.35. The van der Waals surface area contributed by atoms with Gasteiger partial charge in [-0.2, -0.15) is 0 Å². The Morgan fingerprint density at radius 1 is 1.09 bits per heavy atom. The standard InChI is InChI=1S/C15H20ClN3O4/c1-3-19(10-14(21)18-15(22)23-4-2)9-13(20)17-12-7-5-11(16)6-8-12/h5-8H,3-4,9-10H2,1-2H3,(H,17,20)(H,18,21,22)/p+1. The number of rotatable bonds is 7. The van der Waals surface area contributed by atoms with E-state index in [4.69, 9.17) is 11.6 Å². The molecule has 1 aromatic carbocycles. The van der Waals surface area contributed by atoms with Gasteiger partial charge in [-0.15, -0.1) is 0 Å². The van der Waals surface area contributed by atoms with Crippen molar-refractivity contribution >= 4 is 35.2 Å². The molecule has 0 aliphatic heterocycles. The maximum Gasteiger partial charge on any atom is 0.414 e. The van der Waals surface area contributed by atoms with Gasteiger partial charge in [-0.25, -0.2) is 4.79 Å². The summed E-state index contributed by atoms with van der Waals surface area (Å²) in [5.41, 5.74) is 0.630. The van der Waals surface area contributed by atoms with Gasteiger partial charge in [0.1, 0.15) is 0 Å². The van der Waals surface area contributed by atoms with E-state index in [1.54, 1.807) is 31.2 Å². The van der Waals surface area contributed by atoms with Crippen LogP contribution in [0.3, 0.4) is 0 Å². The van der Waals surface area contributed by atoms with Crippen LogP contribution in [-0.2, 0) is 14.3 Å². The molecule has 1 atom stereocenters. The van der Waals surface area contributed by atoms with Gasteiger partial charge in [-0.1, -0.05) is 11.6 Å². The predicted molar refractivity (Wildman–Crippen MR) is 86.5 cm³/mol. The van der Waals surface area contributed by atoms with Gasteiger partial charge in [0, 0.05) is 10.7 Å². The quantitative estimate of drug-likeness (QED) is 0.671. The number of benzene rings is 1. The van der Waals surface area contributed by atoms with Crippen LogP contribution in [0.5, 0.6) is 0 Å². The molecule has 0 aliphatic carbocycles. The number of likely N-dealkylation sites (N-methyl/N-ethyl adjacent to an activating group) is 1. The number of halogens is 1. The number of hydrogen-bond donors (Lipinski definition) is 3. The van der Waals surface area contributed by atoms with Crippen molar-refractivity contribution in [2.75, 3.05) is 31.6 Å². The second kappa shape index (κ2) is 9.81. The number of nitrogens with one attached hydrogen (secondary N) is 3. The van der Waals surface area contributed by atoms with Crippen LogP contribution in [0.15, 0.2) is 24.3 Å². The molecule has 0 fully saturated rings. The number of imide groups is 1. The molecule has 7 nitrogen and oxygen atoms in total. The maximum absolute atomic E-state index is 12.0. The lowest BCUT2D eigenvalue weighted by Crippen LogP contribution is -3.14. The largest absolute Gasteiger partial charge is 0.450 e. The zero-order chi connectivity index (χ0) is 17.2. The number of ether oxygens (including phenoxy) is 1. The van der Waals surface area contributed by atoms with Crippen LogP contribution < -0.4 is 15.5 Å². The van der Waals surface area contributed by atoms with Crippen molar-refractivity contribution in [2.24, 2.45) is 0 Å². The fourth-order valence-corrected chi connectivity index (χ4v) is 1.96. The van der Waals surface area contributed by atoms with Crippen molar-refractivity contribution in [3.8, 4) is 0 Å². The number of alkyl carbamates (subject to hydrolysis) is 1. The monoisotopic (exact) mass is 342 g/mol. The lowest BCUT2D eigenvalue weighted by atomic mass is 10.3. The molecule has 0 radical (unpaired) electrons. The Hall–Kier alpha value is -2.12. The summed E-state index contributed by atoms with van der Waals surface area (Å²) < 4.78 is 4.63. The Kier molecular flexibility index (Phi) is 8.07. The van der Waals surface area contributed by atoms with Gasteiger partial charge in [0.2, 0.25) is 0 Å². The van der Waals surface area contributed by atoms with Crippen LogP contribution >= 0.6 is 11.6 Å². The number of carbonyl (C=O) groups excluding carboxylic acids is 3. The Labute approximate surface area is 139 Å². The average Bonchev–Trinajstić information content (AvgIpc) is 2.49. The van der Waals surface area contributed by atoms with Crippen molar-refractivity contribution in [2.45, 2.75) is 13.8 Å². The van der Waals surface area contributed by atoms with Gasteiger partial charge in [-0.05, 0) is 38.1 Å². The molecular weight excluding hydrogens is 322 g/mol. The molecule has 0 aromatic heterocycles. The third-order valence-corrected chi connectivity index (χ3v) is 3.22. The molecule has 3 N–H and O–H groups in total. The molecule has 3 amide bonds. The van der Waals surface area contributed by atoms with E-state index < -0.39 is 12.0 Å². The van der Waals surface area contributed by atoms with Gasteiger partial charge >= 0.3 is 6.09 Å². The molecule has 1 aromatic rings. The Morgan fingerprint density at radius 3 is 2.26 bits per heavy atom. The first-order valence-corrected chi connectivity index (χ1v) is 7.68. The fourth-order valence-electron chi connectivity index (χ4n) is 1.83.